The number of alkyl halides is 3. The van der Waals surface area contributed by atoms with E-state index in [0.29, 0.717) is 5.69 Å². The lowest BCUT2D eigenvalue weighted by molar-refractivity contribution is -0.275. The van der Waals surface area contributed by atoms with Crippen LogP contribution >= 0.6 is 0 Å². The maximum atomic E-state index is 12.5. The van der Waals surface area contributed by atoms with Crippen LogP contribution in [0.5, 0.6) is 5.75 Å². The minimum atomic E-state index is -4.98. The average Bonchev–Trinajstić information content (AvgIpc) is 2.46. The fraction of sp³-hybridized carbons (Fsp3) is 0.250. The van der Waals surface area contributed by atoms with Crippen LogP contribution in [0.3, 0.4) is 0 Å². The highest BCUT2D eigenvalue weighted by atomic mass is 32.2. The van der Waals surface area contributed by atoms with Gasteiger partial charge in [-0.25, -0.2) is 8.42 Å². The van der Waals surface area contributed by atoms with Gasteiger partial charge in [-0.05, 0) is 29.7 Å². The van der Waals surface area contributed by atoms with Gasteiger partial charge in [0.15, 0.2) is 0 Å². The molecule has 0 unspecified atom stereocenters. The van der Waals surface area contributed by atoms with E-state index in [4.69, 9.17) is 0 Å². The van der Waals surface area contributed by atoms with E-state index in [1.54, 1.807) is 24.3 Å². The second kappa shape index (κ2) is 6.72. The topological polar surface area (TPSA) is 55.4 Å². The lowest BCUT2D eigenvalue weighted by Gasteiger charge is -2.17. The van der Waals surface area contributed by atoms with Gasteiger partial charge in [0.2, 0.25) is 0 Å². The van der Waals surface area contributed by atoms with Gasteiger partial charge in [-0.1, -0.05) is 44.2 Å². The van der Waals surface area contributed by atoms with E-state index in [9.17, 15) is 21.6 Å². The molecule has 2 aromatic carbocycles. The van der Waals surface area contributed by atoms with E-state index in [1.165, 1.54) is 12.1 Å². The molecular weight excluding hydrogens is 343 g/mol. The zero-order chi connectivity index (χ0) is 18.0. The maximum Gasteiger partial charge on any atom is 0.573 e. The number of rotatable bonds is 5. The molecule has 8 heteroatoms. The molecule has 0 aromatic heterocycles. The van der Waals surface area contributed by atoms with E-state index in [-0.39, 0.29) is 5.92 Å². The van der Waals surface area contributed by atoms with Crippen molar-refractivity contribution in [1.82, 2.24) is 0 Å². The molecule has 2 rings (SSSR count). The van der Waals surface area contributed by atoms with Crippen LogP contribution in [0.15, 0.2) is 53.4 Å². The lowest BCUT2D eigenvalue weighted by Crippen LogP contribution is -2.21. The fourth-order valence-corrected chi connectivity index (χ4v) is 3.39. The normalized spacial score (nSPS) is 12.2. The van der Waals surface area contributed by atoms with E-state index < -0.39 is 27.0 Å². The van der Waals surface area contributed by atoms with Crippen molar-refractivity contribution in [3.63, 3.8) is 0 Å². The highest BCUT2D eigenvalue weighted by molar-refractivity contribution is 7.92. The van der Waals surface area contributed by atoms with Crippen LogP contribution in [0, 0.1) is 0 Å². The van der Waals surface area contributed by atoms with Crippen LogP contribution < -0.4 is 9.46 Å². The molecule has 0 atom stereocenters. The predicted octanol–water partition coefficient (Wildman–Crippen LogP) is 4.51. The fourth-order valence-electron chi connectivity index (χ4n) is 2.17. The van der Waals surface area contributed by atoms with Gasteiger partial charge >= 0.3 is 6.36 Å². The van der Waals surface area contributed by atoms with Gasteiger partial charge in [0.25, 0.3) is 10.0 Å². The minimum absolute atomic E-state index is 0.0329. The van der Waals surface area contributed by atoms with Crippen molar-refractivity contribution < 1.29 is 26.3 Å². The Morgan fingerprint density at radius 3 is 2.21 bits per heavy atom. The zero-order valence-electron chi connectivity index (χ0n) is 13.0. The highest BCUT2D eigenvalue weighted by Crippen LogP contribution is 2.32. The largest absolute Gasteiger partial charge is 0.573 e. The molecule has 0 fully saturated rings. The van der Waals surface area contributed by atoms with Crippen LogP contribution in [0.1, 0.15) is 25.3 Å². The van der Waals surface area contributed by atoms with E-state index in [1.807, 2.05) is 13.8 Å². The molecule has 1 N–H and O–H groups in total. The molecule has 0 radical (unpaired) electrons. The Morgan fingerprint density at radius 1 is 1.00 bits per heavy atom. The number of benzene rings is 2. The Bertz CT molecular complexity index is 817. The first-order valence-corrected chi connectivity index (χ1v) is 8.55. The first-order chi connectivity index (χ1) is 11.1. The van der Waals surface area contributed by atoms with Crippen molar-refractivity contribution in [2.75, 3.05) is 4.72 Å². The molecule has 2 aromatic rings. The maximum absolute atomic E-state index is 12.5. The van der Waals surface area contributed by atoms with Crippen molar-refractivity contribution >= 4 is 15.7 Å². The summed E-state index contributed by atoms with van der Waals surface area (Å²) in [5, 5.41) is 0. The van der Waals surface area contributed by atoms with Crippen LogP contribution in [0.4, 0.5) is 18.9 Å². The summed E-state index contributed by atoms with van der Waals surface area (Å²) in [7, 11) is -4.25. The zero-order valence-corrected chi connectivity index (χ0v) is 13.8. The molecule has 0 saturated heterocycles. The van der Waals surface area contributed by atoms with Crippen molar-refractivity contribution in [2.24, 2.45) is 0 Å². The number of halogens is 3. The summed E-state index contributed by atoms with van der Waals surface area (Å²) in [5.41, 5.74) is 1.05. The molecule has 4 nitrogen and oxygen atoms in total. The van der Waals surface area contributed by atoms with Crippen LogP contribution in [0.2, 0.25) is 0 Å². The molecule has 130 valence electrons. The summed E-state index contributed by atoms with van der Waals surface area (Å²) < 4.78 is 68.6. The third-order valence-electron chi connectivity index (χ3n) is 3.19. The highest BCUT2D eigenvalue weighted by Gasteiger charge is 2.34. The molecule has 0 heterocycles. The van der Waals surface area contributed by atoms with Gasteiger partial charge in [0.05, 0.1) is 5.69 Å². The number of hydrogen-bond donors (Lipinski definition) is 1. The molecule has 24 heavy (non-hydrogen) atoms. The summed E-state index contributed by atoms with van der Waals surface area (Å²) in [6, 6.07) is 11.3. The van der Waals surface area contributed by atoms with Crippen LogP contribution in [-0.2, 0) is 10.0 Å². The summed E-state index contributed by atoms with van der Waals surface area (Å²) in [5.74, 6) is -0.745. The SMILES string of the molecule is CC(C)c1ccccc1NS(=O)(=O)c1ccccc1OC(F)(F)F. The Hall–Kier alpha value is -2.22. The minimum Gasteiger partial charge on any atom is -0.404 e. The standard InChI is InChI=1S/C16H16F3NO3S/c1-11(2)12-7-3-4-8-13(12)20-24(21,22)15-10-6-5-9-14(15)23-16(17,18)19/h3-11,20H,1-2H3. The molecule has 0 aliphatic rings. The van der Waals surface area contributed by atoms with Gasteiger partial charge < -0.3 is 4.74 Å². The molecule has 0 bridgehead atoms. The summed E-state index contributed by atoms with van der Waals surface area (Å²) >= 11 is 0. The predicted molar refractivity (Wildman–Crippen MR) is 84.5 cm³/mol. The molecular formula is C16H16F3NO3S. The first kappa shape index (κ1) is 18.1. The smallest absolute Gasteiger partial charge is 0.404 e. The quantitative estimate of drug-likeness (QED) is 0.855. The number of para-hydroxylation sites is 2. The first-order valence-electron chi connectivity index (χ1n) is 7.06. The van der Waals surface area contributed by atoms with E-state index in [0.717, 1.165) is 17.7 Å². The monoisotopic (exact) mass is 359 g/mol. The molecule has 0 spiro atoms. The van der Waals surface area contributed by atoms with E-state index in [2.05, 4.69) is 9.46 Å². The Labute approximate surface area is 138 Å². The van der Waals surface area contributed by atoms with Gasteiger partial charge in [-0.15, -0.1) is 13.2 Å². The summed E-state index contributed by atoms with van der Waals surface area (Å²) in [4.78, 5) is -0.583. The lowest BCUT2D eigenvalue weighted by atomic mass is 10.0. The number of hydrogen-bond acceptors (Lipinski definition) is 3. The summed E-state index contributed by atoms with van der Waals surface area (Å²) in [6.07, 6.45) is -4.98. The number of ether oxygens (including phenoxy) is 1. The van der Waals surface area contributed by atoms with Crippen LogP contribution in [0.25, 0.3) is 0 Å². The van der Waals surface area contributed by atoms with Crippen LogP contribution in [-0.4, -0.2) is 14.8 Å². The van der Waals surface area contributed by atoms with E-state index >= 15 is 0 Å². The molecule has 0 amide bonds. The van der Waals surface area contributed by atoms with Crippen molar-refractivity contribution in [3.8, 4) is 5.75 Å². The molecule has 0 aliphatic heterocycles. The van der Waals surface area contributed by atoms with Gasteiger partial charge in [-0.2, -0.15) is 0 Å². The van der Waals surface area contributed by atoms with Gasteiger partial charge in [-0.3, -0.25) is 4.72 Å². The molecule has 0 saturated carbocycles. The third kappa shape index (κ3) is 4.41. The Kier molecular flexibility index (Phi) is 5.08. The number of nitrogens with one attached hydrogen (secondary N) is 1. The number of anilines is 1. The molecule has 0 aliphatic carbocycles. The van der Waals surface area contributed by atoms with Crippen molar-refractivity contribution in [2.45, 2.75) is 31.0 Å². The third-order valence-corrected chi connectivity index (χ3v) is 4.60. The second-order valence-corrected chi connectivity index (χ2v) is 6.99. The average molecular weight is 359 g/mol. The second-order valence-electron chi connectivity index (χ2n) is 5.34. The summed E-state index contributed by atoms with van der Waals surface area (Å²) in [6.45, 7) is 3.77. The van der Waals surface area contributed by atoms with Gasteiger partial charge in [0.1, 0.15) is 10.6 Å². The van der Waals surface area contributed by atoms with Crippen molar-refractivity contribution in [1.29, 1.82) is 0 Å². The van der Waals surface area contributed by atoms with Gasteiger partial charge in [0, 0.05) is 0 Å². The van der Waals surface area contributed by atoms with Crippen molar-refractivity contribution in [3.05, 3.63) is 54.1 Å². The Morgan fingerprint density at radius 2 is 1.58 bits per heavy atom. The number of sulfonamides is 1. The Balaban J connectivity index is 2.43.